The van der Waals surface area contributed by atoms with Crippen LogP contribution in [0.25, 0.3) is 0 Å². The van der Waals surface area contributed by atoms with Gasteiger partial charge in [-0.1, -0.05) is 13.0 Å². The van der Waals surface area contributed by atoms with E-state index in [-0.39, 0.29) is 29.4 Å². The van der Waals surface area contributed by atoms with Gasteiger partial charge in [0.05, 0.1) is 19.0 Å². The molecule has 118 valence electrons. The van der Waals surface area contributed by atoms with Crippen molar-refractivity contribution in [3.05, 3.63) is 23.8 Å². The number of aromatic carboxylic acids is 1. The fraction of sp³-hybridized carbons (Fsp3) is 0.500. The fourth-order valence-corrected chi connectivity index (χ4v) is 2.55. The Morgan fingerprint density at radius 3 is 2.52 bits per heavy atom. The first kappa shape index (κ1) is 17.3. The third-order valence-corrected chi connectivity index (χ3v) is 4.59. The standard InChI is InChI=1S/C14H20O6S/c1-3-19-12-8-5-7-11(14(15)16)13(12)20-9-6-10-21(17,18)4-2/h5,7-8H,3-4,6,9-10H2,1-2H3,(H,15,16). The lowest BCUT2D eigenvalue weighted by Gasteiger charge is -2.14. The fourth-order valence-electron chi connectivity index (χ4n) is 1.70. The summed E-state index contributed by atoms with van der Waals surface area (Å²) in [5, 5.41) is 9.15. The summed E-state index contributed by atoms with van der Waals surface area (Å²) in [6.45, 7) is 3.86. The largest absolute Gasteiger partial charge is 0.490 e. The van der Waals surface area contributed by atoms with Crippen LogP contribution in [-0.4, -0.2) is 44.2 Å². The van der Waals surface area contributed by atoms with Crippen LogP contribution in [-0.2, 0) is 9.84 Å². The van der Waals surface area contributed by atoms with Crippen LogP contribution in [0.5, 0.6) is 11.5 Å². The molecule has 21 heavy (non-hydrogen) atoms. The van der Waals surface area contributed by atoms with E-state index in [2.05, 4.69) is 0 Å². The summed E-state index contributed by atoms with van der Waals surface area (Å²) in [5.41, 5.74) is -0.000649. The quantitative estimate of drug-likeness (QED) is 0.701. The van der Waals surface area contributed by atoms with Gasteiger partial charge in [-0.05, 0) is 25.5 Å². The van der Waals surface area contributed by atoms with Crippen LogP contribution in [0, 0.1) is 0 Å². The van der Waals surface area contributed by atoms with Crippen molar-refractivity contribution in [3.8, 4) is 11.5 Å². The second-order valence-corrected chi connectivity index (χ2v) is 6.78. The molecule has 0 saturated carbocycles. The van der Waals surface area contributed by atoms with E-state index in [1.165, 1.54) is 6.07 Å². The van der Waals surface area contributed by atoms with Gasteiger partial charge in [0, 0.05) is 5.75 Å². The maximum atomic E-state index is 11.4. The molecule has 0 fully saturated rings. The molecule has 0 radical (unpaired) electrons. The molecule has 7 heteroatoms. The van der Waals surface area contributed by atoms with Crippen LogP contribution in [0.1, 0.15) is 30.6 Å². The van der Waals surface area contributed by atoms with Crippen molar-refractivity contribution in [2.45, 2.75) is 20.3 Å². The van der Waals surface area contributed by atoms with E-state index in [9.17, 15) is 13.2 Å². The first-order valence-corrected chi connectivity index (χ1v) is 8.55. The van der Waals surface area contributed by atoms with Gasteiger partial charge in [-0.2, -0.15) is 0 Å². The minimum absolute atomic E-state index is 0.000649. The second kappa shape index (κ2) is 7.87. The summed E-state index contributed by atoms with van der Waals surface area (Å²) in [6, 6.07) is 4.61. The third-order valence-electron chi connectivity index (χ3n) is 2.80. The van der Waals surface area contributed by atoms with Gasteiger partial charge in [0.15, 0.2) is 11.5 Å². The highest BCUT2D eigenvalue weighted by Crippen LogP contribution is 2.31. The topological polar surface area (TPSA) is 89.9 Å². The number of benzene rings is 1. The minimum Gasteiger partial charge on any atom is -0.490 e. The maximum Gasteiger partial charge on any atom is 0.339 e. The predicted octanol–water partition coefficient (Wildman–Crippen LogP) is 1.99. The SMILES string of the molecule is CCOc1cccc(C(=O)O)c1OCCCS(=O)(=O)CC. The van der Waals surface area contributed by atoms with E-state index >= 15 is 0 Å². The monoisotopic (exact) mass is 316 g/mol. The summed E-state index contributed by atoms with van der Waals surface area (Å²) in [5.74, 6) is -0.532. The molecule has 0 atom stereocenters. The number of sulfone groups is 1. The zero-order valence-corrected chi connectivity index (χ0v) is 13.0. The maximum absolute atomic E-state index is 11.4. The number of rotatable bonds is 9. The average Bonchev–Trinajstić information content (AvgIpc) is 2.44. The Labute approximate surface area is 124 Å². The van der Waals surface area contributed by atoms with Gasteiger partial charge in [0.2, 0.25) is 0 Å². The second-order valence-electron chi connectivity index (χ2n) is 4.31. The van der Waals surface area contributed by atoms with Gasteiger partial charge >= 0.3 is 5.97 Å². The van der Waals surface area contributed by atoms with Crippen LogP contribution < -0.4 is 9.47 Å². The molecular formula is C14H20O6S. The molecular weight excluding hydrogens is 296 g/mol. The van der Waals surface area contributed by atoms with E-state index in [0.717, 1.165) is 0 Å². The van der Waals surface area contributed by atoms with Crippen LogP contribution in [0.15, 0.2) is 18.2 Å². The number of carboxylic acid groups (broad SMARTS) is 1. The highest BCUT2D eigenvalue weighted by molar-refractivity contribution is 7.91. The van der Waals surface area contributed by atoms with Crippen molar-refractivity contribution >= 4 is 15.8 Å². The summed E-state index contributed by atoms with van der Waals surface area (Å²) in [6.07, 6.45) is 0.301. The van der Waals surface area contributed by atoms with Crippen molar-refractivity contribution < 1.29 is 27.8 Å². The average molecular weight is 316 g/mol. The molecule has 1 aromatic rings. The van der Waals surface area contributed by atoms with Crippen LogP contribution in [0.4, 0.5) is 0 Å². The number of para-hydroxylation sites is 1. The van der Waals surface area contributed by atoms with Gasteiger partial charge in [-0.15, -0.1) is 0 Å². The summed E-state index contributed by atoms with van der Waals surface area (Å²) in [4.78, 5) is 11.2. The molecule has 0 aromatic heterocycles. The smallest absolute Gasteiger partial charge is 0.339 e. The summed E-state index contributed by atoms with van der Waals surface area (Å²) in [7, 11) is -3.05. The Bertz CT molecular complexity index is 579. The lowest BCUT2D eigenvalue weighted by atomic mass is 10.2. The molecule has 1 N–H and O–H groups in total. The Hall–Kier alpha value is -1.76. The molecule has 0 bridgehead atoms. The van der Waals surface area contributed by atoms with Gasteiger partial charge in [-0.3, -0.25) is 0 Å². The number of carbonyl (C=O) groups is 1. The summed E-state index contributed by atoms with van der Waals surface area (Å²) >= 11 is 0. The Kier molecular flexibility index (Phi) is 6.48. The molecule has 0 spiro atoms. The van der Waals surface area contributed by atoms with E-state index < -0.39 is 15.8 Å². The Morgan fingerprint density at radius 2 is 1.95 bits per heavy atom. The van der Waals surface area contributed by atoms with Crippen LogP contribution in [0.3, 0.4) is 0 Å². The number of ether oxygens (including phenoxy) is 2. The van der Waals surface area contributed by atoms with Gasteiger partial charge in [-0.25, -0.2) is 13.2 Å². The molecule has 0 saturated heterocycles. The summed E-state index contributed by atoms with van der Waals surface area (Å²) < 4.78 is 33.6. The van der Waals surface area contributed by atoms with Gasteiger partial charge in [0.25, 0.3) is 0 Å². The van der Waals surface area contributed by atoms with Crippen LogP contribution >= 0.6 is 0 Å². The highest BCUT2D eigenvalue weighted by Gasteiger charge is 2.17. The molecule has 1 rings (SSSR count). The molecule has 0 amide bonds. The molecule has 0 heterocycles. The van der Waals surface area contributed by atoms with E-state index in [0.29, 0.717) is 18.8 Å². The number of carboxylic acids is 1. The zero-order chi connectivity index (χ0) is 15.9. The zero-order valence-electron chi connectivity index (χ0n) is 12.2. The van der Waals surface area contributed by atoms with Crippen LogP contribution in [0.2, 0.25) is 0 Å². The van der Waals surface area contributed by atoms with Crippen molar-refractivity contribution in [1.29, 1.82) is 0 Å². The van der Waals surface area contributed by atoms with Crippen molar-refractivity contribution in [2.24, 2.45) is 0 Å². The van der Waals surface area contributed by atoms with Gasteiger partial charge in [0.1, 0.15) is 15.4 Å². The van der Waals surface area contributed by atoms with E-state index in [4.69, 9.17) is 14.6 Å². The van der Waals surface area contributed by atoms with Crippen molar-refractivity contribution in [1.82, 2.24) is 0 Å². The Morgan fingerprint density at radius 1 is 1.24 bits per heavy atom. The highest BCUT2D eigenvalue weighted by atomic mass is 32.2. The molecule has 0 aliphatic rings. The molecule has 0 aliphatic heterocycles. The van der Waals surface area contributed by atoms with E-state index in [1.54, 1.807) is 26.0 Å². The van der Waals surface area contributed by atoms with Crippen molar-refractivity contribution in [3.63, 3.8) is 0 Å². The first-order valence-electron chi connectivity index (χ1n) is 6.73. The molecule has 0 aliphatic carbocycles. The minimum atomic E-state index is -3.05. The lowest BCUT2D eigenvalue weighted by molar-refractivity contribution is 0.0691. The van der Waals surface area contributed by atoms with E-state index in [1.807, 2.05) is 0 Å². The molecule has 0 unspecified atom stereocenters. The Balaban J connectivity index is 2.78. The number of hydrogen-bond donors (Lipinski definition) is 1. The third kappa shape index (κ3) is 5.26. The predicted molar refractivity (Wildman–Crippen MR) is 79.0 cm³/mol. The lowest BCUT2D eigenvalue weighted by Crippen LogP contribution is -2.13. The first-order chi connectivity index (χ1) is 9.91. The molecule has 1 aromatic carbocycles. The normalized spacial score (nSPS) is 11.1. The number of hydrogen-bond acceptors (Lipinski definition) is 5. The van der Waals surface area contributed by atoms with Crippen molar-refractivity contribution in [2.75, 3.05) is 24.7 Å². The van der Waals surface area contributed by atoms with Gasteiger partial charge < -0.3 is 14.6 Å². The molecule has 6 nitrogen and oxygen atoms in total.